The zero-order chi connectivity index (χ0) is 16.5. The topological polar surface area (TPSA) is 54.5 Å². The van der Waals surface area contributed by atoms with Gasteiger partial charge >= 0.3 is 0 Å². The summed E-state index contributed by atoms with van der Waals surface area (Å²) in [5.74, 6) is 1.42. The fraction of sp³-hybridized carbons (Fsp3) is 0.556. The number of piperidine rings is 1. The van der Waals surface area contributed by atoms with E-state index >= 15 is 0 Å². The van der Waals surface area contributed by atoms with E-state index in [9.17, 15) is 4.79 Å². The number of thiazole rings is 1. The Morgan fingerprint density at radius 3 is 2.83 bits per heavy atom. The summed E-state index contributed by atoms with van der Waals surface area (Å²) in [7, 11) is 0. The van der Waals surface area contributed by atoms with Gasteiger partial charge in [0, 0.05) is 25.0 Å². The van der Waals surface area contributed by atoms with E-state index in [1.807, 2.05) is 19.1 Å². The summed E-state index contributed by atoms with van der Waals surface area (Å²) in [5, 5.41) is 4.26. The number of hydrogen-bond acceptors (Lipinski definition) is 5. The number of rotatable bonds is 5. The van der Waals surface area contributed by atoms with Crippen LogP contribution in [0.4, 0.5) is 5.13 Å². The van der Waals surface area contributed by atoms with Crippen LogP contribution in [0.2, 0.25) is 0 Å². The Kier molecular flexibility index (Phi) is 4.31. The number of hydrogen-bond donors (Lipinski definition) is 1. The maximum absolute atomic E-state index is 11.9. The molecule has 6 heteroatoms. The normalized spacial score (nSPS) is 18.8. The lowest BCUT2D eigenvalue weighted by atomic mass is 10.1. The summed E-state index contributed by atoms with van der Waals surface area (Å²) in [6, 6.07) is 6.42. The maximum Gasteiger partial charge on any atom is 0.223 e. The average molecular weight is 345 g/mol. The minimum absolute atomic E-state index is 0.259. The lowest BCUT2D eigenvalue weighted by Crippen LogP contribution is -2.45. The molecule has 2 aromatic rings. The first-order valence-electron chi connectivity index (χ1n) is 8.82. The molecule has 1 aliphatic carbocycles. The third kappa shape index (κ3) is 3.20. The highest BCUT2D eigenvalue weighted by Crippen LogP contribution is 2.35. The number of anilines is 1. The van der Waals surface area contributed by atoms with Crippen molar-refractivity contribution in [1.82, 2.24) is 10.3 Å². The molecule has 5 nitrogen and oxygen atoms in total. The van der Waals surface area contributed by atoms with E-state index in [0.717, 1.165) is 55.2 Å². The summed E-state index contributed by atoms with van der Waals surface area (Å²) in [6.45, 7) is 4.53. The van der Waals surface area contributed by atoms with Crippen LogP contribution in [0.15, 0.2) is 18.2 Å². The first kappa shape index (κ1) is 15.7. The molecule has 1 aromatic heterocycles. The molecule has 0 unspecified atom stereocenters. The fourth-order valence-electron chi connectivity index (χ4n) is 3.20. The summed E-state index contributed by atoms with van der Waals surface area (Å²) in [6.07, 6.45) is 4.12. The second-order valence-electron chi connectivity index (χ2n) is 6.58. The summed E-state index contributed by atoms with van der Waals surface area (Å²) < 4.78 is 6.85. The lowest BCUT2D eigenvalue weighted by Gasteiger charge is -2.32. The van der Waals surface area contributed by atoms with Crippen molar-refractivity contribution < 1.29 is 9.53 Å². The number of nitrogens with zero attached hydrogens (tertiary/aromatic N) is 2. The number of carbonyl (C=O) groups excluding carboxylic acids is 1. The van der Waals surface area contributed by atoms with Crippen molar-refractivity contribution in [3.63, 3.8) is 0 Å². The molecular formula is C18H23N3O2S. The van der Waals surface area contributed by atoms with Gasteiger partial charge in [-0.05, 0) is 44.7 Å². The number of amides is 1. The van der Waals surface area contributed by atoms with Crippen LogP contribution in [-0.2, 0) is 4.79 Å². The number of benzene rings is 1. The van der Waals surface area contributed by atoms with E-state index in [-0.39, 0.29) is 5.91 Å². The van der Waals surface area contributed by atoms with Gasteiger partial charge in [-0.15, -0.1) is 0 Å². The number of ether oxygens (including phenoxy) is 1. The van der Waals surface area contributed by atoms with Gasteiger partial charge in [-0.3, -0.25) is 4.79 Å². The van der Waals surface area contributed by atoms with Crippen molar-refractivity contribution in [3.05, 3.63) is 18.2 Å². The summed E-state index contributed by atoms with van der Waals surface area (Å²) in [4.78, 5) is 19.0. The zero-order valence-electron chi connectivity index (χ0n) is 14.0. The van der Waals surface area contributed by atoms with Gasteiger partial charge < -0.3 is 15.0 Å². The zero-order valence-corrected chi connectivity index (χ0v) is 14.8. The molecule has 4 rings (SSSR count). The molecular weight excluding hydrogens is 322 g/mol. The van der Waals surface area contributed by atoms with Gasteiger partial charge in [0.1, 0.15) is 11.3 Å². The minimum atomic E-state index is 0.259. The van der Waals surface area contributed by atoms with E-state index in [0.29, 0.717) is 18.6 Å². The molecule has 1 aliphatic heterocycles. The second kappa shape index (κ2) is 6.59. The number of aromatic nitrogens is 1. The van der Waals surface area contributed by atoms with Crippen LogP contribution in [0.3, 0.4) is 0 Å². The molecule has 1 N–H and O–H groups in total. The highest BCUT2D eigenvalue weighted by Gasteiger charge is 2.32. The van der Waals surface area contributed by atoms with Crippen molar-refractivity contribution in [1.29, 1.82) is 0 Å². The molecule has 0 spiro atoms. The molecule has 0 bridgehead atoms. The Morgan fingerprint density at radius 2 is 2.12 bits per heavy atom. The number of nitrogens with one attached hydrogen (secondary N) is 1. The van der Waals surface area contributed by atoms with E-state index in [1.54, 1.807) is 11.3 Å². The highest BCUT2D eigenvalue weighted by molar-refractivity contribution is 7.22. The largest absolute Gasteiger partial charge is 0.492 e. The number of fused-ring (bicyclic) bond motifs is 1. The van der Waals surface area contributed by atoms with Gasteiger partial charge in [0.25, 0.3) is 0 Å². The first-order chi connectivity index (χ1) is 11.7. The SMILES string of the molecule is CCOc1cccc2sc(N3CCC(NC(=O)C4CC4)CC3)nc12. The highest BCUT2D eigenvalue weighted by atomic mass is 32.1. The quantitative estimate of drug-likeness (QED) is 0.904. The second-order valence-corrected chi connectivity index (χ2v) is 7.59. The van der Waals surface area contributed by atoms with Gasteiger partial charge in [-0.1, -0.05) is 17.4 Å². The van der Waals surface area contributed by atoms with Gasteiger partial charge in [0.15, 0.2) is 5.13 Å². The van der Waals surface area contributed by atoms with Gasteiger partial charge in [0.2, 0.25) is 5.91 Å². The molecule has 1 amide bonds. The van der Waals surface area contributed by atoms with Crippen LogP contribution in [-0.4, -0.2) is 36.6 Å². The molecule has 0 atom stereocenters. The van der Waals surface area contributed by atoms with Gasteiger partial charge in [0.05, 0.1) is 11.3 Å². The van der Waals surface area contributed by atoms with Gasteiger partial charge in [-0.25, -0.2) is 4.98 Å². The monoisotopic (exact) mass is 345 g/mol. The van der Waals surface area contributed by atoms with Crippen molar-refractivity contribution >= 4 is 32.6 Å². The Morgan fingerprint density at radius 1 is 1.33 bits per heavy atom. The smallest absolute Gasteiger partial charge is 0.223 e. The first-order valence-corrected chi connectivity index (χ1v) is 9.64. The summed E-state index contributed by atoms with van der Waals surface area (Å²) >= 11 is 1.72. The van der Waals surface area contributed by atoms with E-state index in [1.165, 1.54) is 4.70 Å². The van der Waals surface area contributed by atoms with Crippen molar-refractivity contribution in [2.24, 2.45) is 5.92 Å². The third-order valence-corrected chi connectivity index (χ3v) is 5.81. The molecule has 0 radical (unpaired) electrons. The third-order valence-electron chi connectivity index (χ3n) is 4.73. The van der Waals surface area contributed by atoms with Crippen molar-refractivity contribution in [2.75, 3.05) is 24.6 Å². The Balaban J connectivity index is 1.42. The molecule has 128 valence electrons. The Hall–Kier alpha value is -1.82. The van der Waals surface area contributed by atoms with Crippen LogP contribution >= 0.6 is 11.3 Å². The summed E-state index contributed by atoms with van der Waals surface area (Å²) in [5.41, 5.74) is 0.962. The number of para-hydroxylation sites is 1. The standard InChI is InChI=1S/C18H23N3O2S/c1-2-23-14-4-3-5-15-16(14)20-18(24-15)21-10-8-13(9-11-21)19-17(22)12-6-7-12/h3-5,12-13H,2,6-11H2,1H3,(H,19,22). The van der Waals surface area contributed by atoms with Crippen LogP contribution in [0.25, 0.3) is 10.2 Å². The van der Waals surface area contributed by atoms with E-state index in [2.05, 4.69) is 16.3 Å². The van der Waals surface area contributed by atoms with Gasteiger partial charge in [-0.2, -0.15) is 0 Å². The molecule has 2 fully saturated rings. The van der Waals surface area contributed by atoms with E-state index in [4.69, 9.17) is 9.72 Å². The molecule has 1 saturated heterocycles. The Bertz CT molecular complexity index is 733. The molecule has 2 aliphatic rings. The molecule has 1 aromatic carbocycles. The minimum Gasteiger partial charge on any atom is -0.492 e. The van der Waals surface area contributed by atoms with Crippen LogP contribution in [0, 0.1) is 5.92 Å². The molecule has 24 heavy (non-hydrogen) atoms. The molecule has 1 saturated carbocycles. The predicted molar refractivity (Wildman–Crippen MR) is 96.9 cm³/mol. The fourth-order valence-corrected chi connectivity index (χ4v) is 4.23. The Labute approximate surface area is 146 Å². The average Bonchev–Trinajstić information content (AvgIpc) is 3.35. The van der Waals surface area contributed by atoms with Crippen LogP contribution in [0.5, 0.6) is 5.75 Å². The van der Waals surface area contributed by atoms with E-state index < -0.39 is 0 Å². The van der Waals surface area contributed by atoms with Crippen molar-refractivity contribution in [3.8, 4) is 5.75 Å². The van der Waals surface area contributed by atoms with Crippen LogP contribution in [0.1, 0.15) is 32.6 Å². The predicted octanol–water partition coefficient (Wildman–Crippen LogP) is 3.19. The maximum atomic E-state index is 11.9. The molecule has 2 heterocycles. The number of carbonyl (C=O) groups is 1. The lowest BCUT2D eigenvalue weighted by molar-refractivity contribution is -0.123. The van der Waals surface area contributed by atoms with Crippen LogP contribution < -0.4 is 15.0 Å². The van der Waals surface area contributed by atoms with Crippen molar-refractivity contribution in [2.45, 2.75) is 38.6 Å².